The molecule has 0 atom stereocenters. The zero-order valence-electron chi connectivity index (χ0n) is 18.8. The topological polar surface area (TPSA) is 86.7 Å². The molecule has 1 aliphatic carbocycles. The van der Waals surface area contributed by atoms with E-state index in [1.165, 1.54) is 48.7 Å². The number of thiophene rings is 2. The smallest absolute Gasteiger partial charge is 0.206 e. The lowest BCUT2D eigenvalue weighted by Crippen LogP contribution is -2.19. The first-order chi connectivity index (χ1) is 15.1. The third-order valence-corrected chi connectivity index (χ3v) is 7.00. The second-order valence-corrected chi connectivity index (χ2v) is 9.69. The first-order valence-electron chi connectivity index (χ1n) is 10.2. The summed E-state index contributed by atoms with van der Waals surface area (Å²) in [4.78, 5) is 52.8. The average Bonchev–Trinajstić information content (AvgIpc) is 3.22. The summed E-state index contributed by atoms with van der Waals surface area (Å²) in [5.74, 6) is -0.428. The Kier molecular flexibility index (Phi) is 6.95. The molecule has 0 fully saturated rings. The number of fused-ring (bicyclic) bond motifs is 2. The van der Waals surface area contributed by atoms with E-state index in [1.54, 1.807) is 27.7 Å². The molecular weight excluding hydrogens is 448 g/mol. The maximum absolute atomic E-state index is 13.6. The van der Waals surface area contributed by atoms with Gasteiger partial charge in [-0.25, -0.2) is 0 Å². The molecule has 0 saturated heterocycles. The Labute approximate surface area is 194 Å². The molecule has 0 radical (unpaired) electrons. The van der Waals surface area contributed by atoms with Gasteiger partial charge >= 0.3 is 0 Å². The van der Waals surface area contributed by atoms with Crippen molar-refractivity contribution in [1.82, 2.24) is 0 Å². The highest BCUT2D eigenvalue weighted by atomic mass is 32.1. The van der Waals surface area contributed by atoms with E-state index in [9.17, 15) is 19.2 Å². The van der Waals surface area contributed by atoms with Crippen LogP contribution in [0, 0.1) is 13.8 Å². The average molecular weight is 473 g/mol. The summed E-state index contributed by atoms with van der Waals surface area (Å²) in [5, 5.41) is 0. The van der Waals surface area contributed by atoms with E-state index in [2.05, 4.69) is 0 Å². The minimum Gasteiger partial charge on any atom is -0.493 e. The lowest BCUT2D eigenvalue weighted by atomic mass is 9.88. The van der Waals surface area contributed by atoms with E-state index in [-0.39, 0.29) is 34.3 Å². The van der Waals surface area contributed by atoms with Crippen LogP contribution in [0.15, 0.2) is 12.2 Å². The van der Waals surface area contributed by atoms with Crippen molar-refractivity contribution in [2.45, 2.75) is 41.5 Å². The number of hydrogen-bond donors (Lipinski definition) is 0. The number of ketones is 4. The van der Waals surface area contributed by atoms with Gasteiger partial charge in [0.15, 0.2) is 11.6 Å². The van der Waals surface area contributed by atoms with Crippen LogP contribution in [-0.2, 0) is 19.1 Å². The van der Waals surface area contributed by atoms with Crippen molar-refractivity contribution in [3.05, 3.63) is 53.9 Å². The van der Waals surface area contributed by atoms with Crippen LogP contribution < -0.4 is 0 Å². The Morgan fingerprint density at radius 1 is 0.750 bits per heavy atom. The number of allylic oxidation sites excluding steroid dienone is 2. The molecule has 8 heteroatoms. The third kappa shape index (κ3) is 4.12. The summed E-state index contributed by atoms with van der Waals surface area (Å²) >= 11 is 2.41. The van der Waals surface area contributed by atoms with E-state index in [0.29, 0.717) is 45.6 Å². The monoisotopic (exact) mass is 472 g/mol. The van der Waals surface area contributed by atoms with Gasteiger partial charge in [-0.1, -0.05) is 0 Å². The molecular formula is C24H24O6S2. The molecule has 3 rings (SSSR count). The number of aryl methyl sites for hydroxylation is 2. The van der Waals surface area contributed by atoms with Crippen LogP contribution >= 0.6 is 22.7 Å². The molecule has 0 saturated carbocycles. The molecule has 2 aromatic rings. The SMILES string of the molecule is CCO/C(=C\C(C)=O)c1c(C)sc2c1C(=O)c1sc(C)c(/C(=C/C(C)=O)OCC)c1C2=O. The molecule has 2 heterocycles. The van der Waals surface area contributed by atoms with Crippen molar-refractivity contribution in [1.29, 1.82) is 0 Å². The Morgan fingerprint density at radius 2 is 1.09 bits per heavy atom. The Hall–Kier alpha value is -2.84. The summed E-state index contributed by atoms with van der Waals surface area (Å²) in [6.07, 6.45) is 2.69. The zero-order valence-corrected chi connectivity index (χ0v) is 20.5. The highest BCUT2D eigenvalue weighted by Crippen LogP contribution is 2.45. The van der Waals surface area contributed by atoms with Crippen molar-refractivity contribution in [2.75, 3.05) is 13.2 Å². The molecule has 2 aromatic heterocycles. The fourth-order valence-electron chi connectivity index (χ4n) is 3.72. The molecule has 0 N–H and O–H groups in total. The van der Waals surface area contributed by atoms with Crippen molar-refractivity contribution in [3.63, 3.8) is 0 Å². The van der Waals surface area contributed by atoms with Crippen LogP contribution in [-0.4, -0.2) is 36.3 Å². The van der Waals surface area contributed by atoms with Crippen molar-refractivity contribution < 1.29 is 28.7 Å². The third-order valence-electron chi connectivity index (χ3n) is 4.80. The molecule has 0 amide bonds. The summed E-state index contributed by atoms with van der Waals surface area (Å²) < 4.78 is 11.4. The molecule has 1 aliphatic rings. The van der Waals surface area contributed by atoms with E-state index >= 15 is 0 Å². The highest BCUT2D eigenvalue weighted by molar-refractivity contribution is 7.17. The standard InChI is InChI=1S/C24H24O6S2/c1-7-29-15(9-11(3)25)17-13(5)31-23-19(17)21(27)24-20(22(23)28)18(14(6)32-24)16(30-8-2)10-12(4)26/h9-10H,7-8H2,1-6H3/b15-9-,16-10-. The number of ether oxygens (including phenoxy) is 2. The fraction of sp³-hybridized carbons (Fsp3) is 0.333. The van der Waals surface area contributed by atoms with Crippen LogP contribution in [0.3, 0.4) is 0 Å². The van der Waals surface area contributed by atoms with Gasteiger partial charge in [0, 0.05) is 33.0 Å². The first-order valence-corrected chi connectivity index (χ1v) is 11.8. The van der Waals surface area contributed by atoms with E-state index < -0.39 is 0 Å². The van der Waals surface area contributed by atoms with Gasteiger partial charge in [0.25, 0.3) is 0 Å². The number of hydrogen-bond acceptors (Lipinski definition) is 8. The van der Waals surface area contributed by atoms with Crippen molar-refractivity contribution in [2.24, 2.45) is 0 Å². The second-order valence-electron chi connectivity index (χ2n) is 7.24. The fourth-order valence-corrected chi connectivity index (χ4v) is 5.92. The van der Waals surface area contributed by atoms with Crippen molar-refractivity contribution >= 4 is 57.3 Å². The highest BCUT2D eigenvalue weighted by Gasteiger charge is 2.40. The molecule has 0 aromatic carbocycles. The minimum atomic E-state index is -0.291. The largest absolute Gasteiger partial charge is 0.493 e. The lowest BCUT2D eigenvalue weighted by Gasteiger charge is -2.16. The maximum atomic E-state index is 13.6. The normalized spacial score (nSPS) is 13.7. The van der Waals surface area contributed by atoms with E-state index in [4.69, 9.17) is 9.47 Å². The number of carbonyl (C=O) groups excluding carboxylic acids is 4. The summed E-state index contributed by atoms with van der Waals surface area (Å²) in [5.41, 5.74) is 1.52. The van der Waals surface area contributed by atoms with Gasteiger partial charge in [-0.3, -0.25) is 19.2 Å². The van der Waals surface area contributed by atoms with Crippen LogP contribution in [0.4, 0.5) is 0 Å². The summed E-state index contributed by atoms with van der Waals surface area (Å²) in [7, 11) is 0. The Morgan fingerprint density at radius 3 is 1.38 bits per heavy atom. The quantitative estimate of drug-likeness (QED) is 0.333. The summed E-state index contributed by atoms with van der Waals surface area (Å²) in [6.45, 7) is 10.6. The minimum absolute atomic E-state index is 0.215. The van der Waals surface area contributed by atoms with Gasteiger partial charge < -0.3 is 9.47 Å². The van der Waals surface area contributed by atoms with Crippen LogP contribution in [0.2, 0.25) is 0 Å². The van der Waals surface area contributed by atoms with E-state index in [1.807, 2.05) is 0 Å². The number of rotatable bonds is 8. The Bertz CT molecular complexity index is 1110. The van der Waals surface area contributed by atoms with Crippen molar-refractivity contribution in [3.8, 4) is 0 Å². The van der Waals surface area contributed by atoms with E-state index in [0.717, 1.165) is 9.75 Å². The van der Waals surface area contributed by atoms with Gasteiger partial charge in [-0.05, 0) is 41.5 Å². The molecule has 0 spiro atoms. The van der Waals surface area contributed by atoms with Crippen LogP contribution in [0.25, 0.3) is 11.5 Å². The molecule has 0 aliphatic heterocycles. The Balaban J connectivity index is 2.27. The zero-order chi connectivity index (χ0) is 23.7. The predicted octanol–water partition coefficient (Wildman–Crippen LogP) is 5.13. The molecule has 168 valence electrons. The molecule has 0 bridgehead atoms. The molecule has 0 unspecified atom stereocenters. The predicted molar refractivity (Wildman–Crippen MR) is 126 cm³/mol. The van der Waals surface area contributed by atoms with Gasteiger partial charge in [0.1, 0.15) is 11.5 Å². The van der Waals surface area contributed by atoms with Crippen LogP contribution in [0.5, 0.6) is 0 Å². The van der Waals surface area contributed by atoms with Gasteiger partial charge in [-0.2, -0.15) is 0 Å². The molecule has 6 nitrogen and oxygen atoms in total. The first kappa shape index (κ1) is 23.8. The van der Waals surface area contributed by atoms with Gasteiger partial charge in [0.05, 0.1) is 34.1 Å². The van der Waals surface area contributed by atoms with Gasteiger partial charge in [-0.15, -0.1) is 22.7 Å². The molecule has 32 heavy (non-hydrogen) atoms. The van der Waals surface area contributed by atoms with Crippen LogP contribution in [0.1, 0.15) is 79.0 Å². The maximum Gasteiger partial charge on any atom is 0.206 e. The lowest BCUT2D eigenvalue weighted by molar-refractivity contribution is -0.113. The second kappa shape index (κ2) is 9.34. The van der Waals surface area contributed by atoms with Gasteiger partial charge in [0.2, 0.25) is 11.6 Å². The number of carbonyl (C=O) groups is 4. The summed E-state index contributed by atoms with van der Waals surface area (Å²) in [6, 6.07) is 0.